The van der Waals surface area contributed by atoms with Crippen LogP contribution in [0.5, 0.6) is 0 Å². The van der Waals surface area contributed by atoms with Crippen molar-refractivity contribution in [1.29, 1.82) is 0 Å². The molecule has 0 radical (unpaired) electrons. The van der Waals surface area contributed by atoms with Crippen LogP contribution in [0.3, 0.4) is 0 Å². The average Bonchev–Trinajstić information content (AvgIpc) is 2.29. The van der Waals surface area contributed by atoms with Crippen LogP contribution in [-0.4, -0.2) is 22.0 Å². The molecule has 0 aromatic carbocycles. The van der Waals surface area contributed by atoms with Crippen molar-refractivity contribution in [1.82, 2.24) is 9.78 Å². The first-order chi connectivity index (χ1) is 6.09. The molecule has 0 aliphatic heterocycles. The quantitative estimate of drug-likeness (QED) is 0.359. The third kappa shape index (κ3) is 2.58. The molecule has 0 saturated heterocycles. The molecule has 0 fully saturated rings. The molecule has 0 atom stereocenters. The zero-order chi connectivity index (χ0) is 9.84. The highest BCUT2D eigenvalue weighted by atomic mass is 15.3. The van der Waals surface area contributed by atoms with Gasteiger partial charge in [0.25, 0.3) is 0 Å². The van der Waals surface area contributed by atoms with E-state index in [1.165, 1.54) is 0 Å². The number of hydrogen-bond donors (Lipinski definition) is 2. The Hall–Kier alpha value is -1.85. The summed E-state index contributed by atoms with van der Waals surface area (Å²) in [5.74, 6) is -0.0576. The van der Waals surface area contributed by atoms with E-state index in [1.807, 2.05) is 20.2 Å². The zero-order valence-electron chi connectivity index (χ0n) is 7.60. The molecule has 0 aliphatic rings. The maximum absolute atomic E-state index is 5.09. The highest BCUT2D eigenvalue weighted by molar-refractivity contribution is 5.82. The number of aromatic nitrogens is 2. The molecule has 13 heavy (non-hydrogen) atoms. The molecule has 0 amide bonds. The Labute approximate surface area is 75.9 Å². The van der Waals surface area contributed by atoms with Gasteiger partial charge in [0.2, 0.25) is 5.96 Å². The summed E-state index contributed by atoms with van der Waals surface area (Å²) in [4.78, 5) is 0. The van der Waals surface area contributed by atoms with E-state index in [0.29, 0.717) is 0 Å². The second kappa shape index (κ2) is 3.70. The van der Waals surface area contributed by atoms with Crippen molar-refractivity contribution in [3.63, 3.8) is 0 Å². The molecule has 4 N–H and O–H groups in total. The third-order valence-electron chi connectivity index (χ3n) is 1.42. The molecule has 0 saturated carbocycles. The Kier molecular flexibility index (Phi) is 2.63. The Morgan fingerprint density at radius 1 is 1.62 bits per heavy atom. The Morgan fingerprint density at radius 3 is 2.77 bits per heavy atom. The third-order valence-corrected chi connectivity index (χ3v) is 1.42. The van der Waals surface area contributed by atoms with Gasteiger partial charge in [-0.15, -0.1) is 5.10 Å². The van der Waals surface area contributed by atoms with E-state index >= 15 is 0 Å². The molecule has 1 aromatic heterocycles. The molecule has 0 bridgehead atoms. The molecule has 0 spiro atoms. The van der Waals surface area contributed by atoms with E-state index < -0.39 is 0 Å². The first kappa shape index (κ1) is 9.24. The first-order valence-electron chi connectivity index (χ1n) is 3.72. The van der Waals surface area contributed by atoms with Gasteiger partial charge in [-0.2, -0.15) is 10.2 Å². The molecular formula is C7H12N6. The average molecular weight is 180 g/mol. The van der Waals surface area contributed by atoms with Crippen molar-refractivity contribution in [3.05, 3.63) is 17.5 Å². The van der Waals surface area contributed by atoms with Crippen LogP contribution in [0.15, 0.2) is 16.4 Å². The summed E-state index contributed by atoms with van der Waals surface area (Å²) in [7, 11) is 1.84. The van der Waals surface area contributed by atoms with Crippen LogP contribution in [0.4, 0.5) is 0 Å². The maximum Gasteiger partial charge on any atom is 0.211 e. The Bertz CT molecular complexity index is 344. The van der Waals surface area contributed by atoms with Crippen LogP contribution in [0, 0.1) is 6.92 Å². The highest BCUT2D eigenvalue weighted by Crippen LogP contribution is 2.00. The standard InChI is InChI=1S/C7H12N6/c1-5-6(4-13(2)12-5)3-10-11-7(8)9/h3-4H,1-2H3,(H4,8,9,11)/b10-3+. The van der Waals surface area contributed by atoms with E-state index in [1.54, 1.807) is 10.9 Å². The van der Waals surface area contributed by atoms with E-state index in [-0.39, 0.29) is 5.96 Å². The minimum atomic E-state index is -0.0576. The summed E-state index contributed by atoms with van der Waals surface area (Å²) in [5, 5.41) is 11.3. The molecule has 0 aliphatic carbocycles. The summed E-state index contributed by atoms with van der Waals surface area (Å²) in [6.07, 6.45) is 3.39. The highest BCUT2D eigenvalue weighted by Gasteiger charge is 1.98. The smallest absolute Gasteiger partial charge is 0.211 e. The van der Waals surface area contributed by atoms with Crippen LogP contribution >= 0.6 is 0 Å². The number of hydrogen-bond acceptors (Lipinski definition) is 3. The SMILES string of the molecule is Cc1nn(C)cc1/C=N/N=C(N)N. The second-order valence-corrected chi connectivity index (χ2v) is 2.61. The van der Waals surface area contributed by atoms with Crippen molar-refractivity contribution in [2.24, 2.45) is 28.7 Å². The fourth-order valence-electron chi connectivity index (χ4n) is 0.902. The molecule has 70 valence electrons. The van der Waals surface area contributed by atoms with Crippen LogP contribution in [0.2, 0.25) is 0 Å². The Balaban J connectivity index is 2.80. The van der Waals surface area contributed by atoms with Gasteiger partial charge in [-0.05, 0) is 6.92 Å². The summed E-state index contributed by atoms with van der Waals surface area (Å²) in [6, 6.07) is 0. The van der Waals surface area contributed by atoms with Crippen molar-refractivity contribution in [2.45, 2.75) is 6.92 Å². The van der Waals surface area contributed by atoms with Crippen LogP contribution in [-0.2, 0) is 7.05 Å². The van der Waals surface area contributed by atoms with Crippen molar-refractivity contribution < 1.29 is 0 Å². The van der Waals surface area contributed by atoms with Crippen molar-refractivity contribution in [2.75, 3.05) is 0 Å². The largest absolute Gasteiger partial charge is 0.369 e. The molecule has 1 rings (SSSR count). The molecular weight excluding hydrogens is 168 g/mol. The second-order valence-electron chi connectivity index (χ2n) is 2.61. The zero-order valence-corrected chi connectivity index (χ0v) is 7.60. The summed E-state index contributed by atoms with van der Waals surface area (Å²) >= 11 is 0. The number of rotatable bonds is 2. The normalized spacial score (nSPS) is 10.6. The van der Waals surface area contributed by atoms with Gasteiger partial charge in [0.1, 0.15) is 0 Å². The predicted octanol–water partition coefficient (Wildman–Crippen LogP) is -0.664. The number of guanidine groups is 1. The minimum absolute atomic E-state index is 0.0576. The number of aryl methyl sites for hydroxylation is 2. The lowest BCUT2D eigenvalue weighted by atomic mass is 10.3. The summed E-state index contributed by atoms with van der Waals surface area (Å²) < 4.78 is 1.70. The predicted molar refractivity (Wildman–Crippen MR) is 51.3 cm³/mol. The van der Waals surface area contributed by atoms with Gasteiger partial charge in [0.05, 0.1) is 11.9 Å². The molecule has 1 heterocycles. The lowest BCUT2D eigenvalue weighted by molar-refractivity contribution is 0.756. The number of nitrogens with zero attached hydrogens (tertiary/aromatic N) is 4. The summed E-state index contributed by atoms with van der Waals surface area (Å²) in [5.41, 5.74) is 12.0. The number of nitrogens with two attached hydrogens (primary N) is 2. The molecule has 6 heteroatoms. The van der Waals surface area contributed by atoms with Gasteiger partial charge in [-0.3, -0.25) is 4.68 Å². The van der Waals surface area contributed by atoms with Gasteiger partial charge in [-0.25, -0.2) is 0 Å². The van der Waals surface area contributed by atoms with Gasteiger partial charge in [0, 0.05) is 18.8 Å². The van der Waals surface area contributed by atoms with Gasteiger partial charge in [-0.1, -0.05) is 0 Å². The van der Waals surface area contributed by atoms with Crippen molar-refractivity contribution in [3.8, 4) is 0 Å². The fraction of sp³-hybridized carbons (Fsp3) is 0.286. The maximum atomic E-state index is 5.09. The van der Waals surface area contributed by atoms with Gasteiger partial charge in [0.15, 0.2) is 0 Å². The van der Waals surface area contributed by atoms with E-state index in [4.69, 9.17) is 11.5 Å². The van der Waals surface area contributed by atoms with Gasteiger partial charge < -0.3 is 11.5 Å². The van der Waals surface area contributed by atoms with E-state index in [2.05, 4.69) is 15.3 Å². The lowest BCUT2D eigenvalue weighted by Gasteiger charge is -1.84. The first-order valence-corrected chi connectivity index (χ1v) is 3.72. The van der Waals surface area contributed by atoms with E-state index in [9.17, 15) is 0 Å². The molecule has 6 nitrogen and oxygen atoms in total. The lowest BCUT2D eigenvalue weighted by Crippen LogP contribution is -2.21. The van der Waals surface area contributed by atoms with Crippen LogP contribution in [0.25, 0.3) is 0 Å². The van der Waals surface area contributed by atoms with Gasteiger partial charge >= 0.3 is 0 Å². The minimum Gasteiger partial charge on any atom is -0.369 e. The van der Waals surface area contributed by atoms with Crippen LogP contribution < -0.4 is 11.5 Å². The van der Waals surface area contributed by atoms with E-state index in [0.717, 1.165) is 11.3 Å². The molecule has 1 aromatic rings. The summed E-state index contributed by atoms with van der Waals surface area (Å²) in [6.45, 7) is 1.89. The Morgan fingerprint density at radius 2 is 2.31 bits per heavy atom. The van der Waals surface area contributed by atoms with Crippen molar-refractivity contribution >= 4 is 12.2 Å². The monoisotopic (exact) mass is 180 g/mol. The van der Waals surface area contributed by atoms with Crippen LogP contribution in [0.1, 0.15) is 11.3 Å². The fourth-order valence-corrected chi connectivity index (χ4v) is 0.902. The molecule has 0 unspecified atom stereocenters. The topological polar surface area (TPSA) is 94.6 Å².